The van der Waals surface area contributed by atoms with Gasteiger partial charge in [-0.25, -0.2) is 4.98 Å². The van der Waals surface area contributed by atoms with Gasteiger partial charge in [0.25, 0.3) is 5.91 Å². The first kappa shape index (κ1) is 19.4. The molecule has 1 aliphatic heterocycles. The van der Waals surface area contributed by atoms with E-state index in [0.717, 1.165) is 49.3 Å². The van der Waals surface area contributed by atoms with Crippen molar-refractivity contribution in [1.29, 1.82) is 0 Å². The van der Waals surface area contributed by atoms with Crippen molar-refractivity contribution in [3.05, 3.63) is 34.5 Å². The first-order valence-electron chi connectivity index (χ1n) is 10.4. The van der Waals surface area contributed by atoms with Crippen molar-refractivity contribution < 1.29 is 4.79 Å². The van der Waals surface area contributed by atoms with E-state index in [9.17, 15) is 4.79 Å². The van der Waals surface area contributed by atoms with Crippen LogP contribution in [0.15, 0.2) is 29.0 Å². The Morgan fingerprint density at radius 1 is 1.07 bits per heavy atom. The summed E-state index contributed by atoms with van der Waals surface area (Å²) in [4.78, 5) is 24.6. The summed E-state index contributed by atoms with van der Waals surface area (Å²) in [6.07, 6.45) is 6.76. The molecular weight excluding hydrogens is 368 g/mol. The van der Waals surface area contributed by atoms with Gasteiger partial charge in [0, 0.05) is 57.3 Å². The van der Waals surface area contributed by atoms with Crippen molar-refractivity contribution >= 4 is 23.1 Å². The first-order valence-corrected chi connectivity index (χ1v) is 11.3. The van der Waals surface area contributed by atoms with E-state index in [1.54, 1.807) is 11.3 Å². The summed E-state index contributed by atoms with van der Waals surface area (Å²) in [6, 6.07) is 6.72. The fourth-order valence-electron chi connectivity index (χ4n) is 4.43. The molecule has 28 heavy (non-hydrogen) atoms. The number of thiophene rings is 1. The summed E-state index contributed by atoms with van der Waals surface area (Å²) in [6.45, 7) is 3.62. The van der Waals surface area contributed by atoms with Gasteiger partial charge in [0.15, 0.2) is 0 Å². The lowest BCUT2D eigenvalue weighted by molar-refractivity contribution is 0.0523. The van der Waals surface area contributed by atoms with Crippen molar-refractivity contribution in [2.24, 2.45) is 0 Å². The molecule has 2 aliphatic rings. The molecule has 0 unspecified atom stereocenters. The van der Waals surface area contributed by atoms with E-state index in [4.69, 9.17) is 4.98 Å². The van der Waals surface area contributed by atoms with Crippen LogP contribution in [0.3, 0.4) is 0 Å². The molecule has 150 valence electrons. The van der Waals surface area contributed by atoms with Crippen molar-refractivity contribution in [1.82, 2.24) is 14.8 Å². The van der Waals surface area contributed by atoms with E-state index in [2.05, 4.69) is 21.7 Å². The molecule has 4 rings (SSSR count). The zero-order chi connectivity index (χ0) is 19.5. The predicted octanol–water partition coefficient (Wildman–Crippen LogP) is 3.97. The van der Waals surface area contributed by atoms with E-state index < -0.39 is 0 Å². The second kappa shape index (κ2) is 8.62. The van der Waals surface area contributed by atoms with Crippen molar-refractivity contribution in [3.63, 3.8) is 0 Å². The molecule has 2 aromatic heterocycles. The SMILES string of the molecule is CN(C)c1nc(-c2ccsc2)ccc1C(=O)N1CCN(C2CCCCC2)CC1. The quantitative estimate of drug-likeness (QED) is 0.781. The van der Waals surface area contributed by atoms with E-state index in [1.165, 1.54) is 32.1 Å². The van der Waals surface area contributed by atoms with Crippen molar-refractivity contribution in [3.8, 4) is 11.3 Å². The Kier molecular flexibility index (Phi) is 5.97. The number of amides is 1. The average molecular weight is 399 g/mol. The number of hydrogen-bond donors (Lipinski definition) is 0. The highest BCUT2D eigenvalue weighted by Crippen LogP contribution is 2.27. The van der Waals surface area contributed by atoms with Crippen molar-refractivity contribution in [2.45, 2.75) is 38.1 Å². The Balaban J connectivity index is 1.47. The molecule has 0 aromatic carbocycles. The Labute approximate surface area is 172 Å². The minimum Gasteiger partial charge on any atom is -0.362 e. The number of pyridine rings is 1. The number of rotatable bonds is 4. The minimum atomic E-state index is 0.108. The van der Waals surface area contributed by atoms with E-state index in [0.29, 0.717) is 5.56 Å². The fourth-order valence-corrected chi connectivity index (χ4v) is 5.08. The number of anilines is 1. The summed E-state index contributed by atoms with van der Waals surface area (Å²) >= 11 is 1.66. The Morgan fingerprint density at radius 2 is 1.82 bits per heavy atom. The van der Waals surface area contributed by atoms with Gasteiger partial charge in [-0.3, -0.25) is 9.69 Å². The molecule has 0 radical (unpaired) electrons. The van der Waals surface area contributed by atoms with E-state index >= 15 is 0 Å². The normalized spacial score (nSPS) is 19.0. The molecule has 6 heteroatoms. The summed E-state index contributed by atoms with van der Waals surface area (Å²) in [5.74, 6) is 0.861. The zero-order valence-electron chi connectivity index (χ0n) is 16.9. The molecule has 2 fully saturated rings. The fraction of sp³-hybridized carbons (Fsp3) is 0.545. The van der Waals surface area contributed by atoms with Gasteiger partial charge in [0.05, 0.1) is 11.3 Å². The van der Waals surface area contributed by atoms with Crippen LogP contribution in [0.1, 0.15) is 42.5 Å². The van der Waals surface area contributed by atoms with Gasteiger partial charge in [0.1, 0.15) is 5.82 Å². The number of carbonyl (C=O) groups is 1. The van der Waals surface area contributed by atoms with Gasteiger partial charge in [-0.1, -0.05) is 19.3 Å². The second-order valence-corrected chi connectivity index (χ2v) is 8.87. The Bertz CT molecular complexity index is 791. The molecule has 1 amide bonds. The standard InChI is InChI=1S/C22H30N4OS/c1-24(2)21-19(8-9-20(23-21)17-10-15-28-16-17)22(27)26-13-11-25(12-14-26)18-6-4-3-5-7-18/h8-10,15-16,18H,3-7,11-14H2,1-2H3. The lowest BCUT2D eigenvalue weighted by atomic mass is 9.94. The van der Waals surface area contributed by atoms with E-state index in [-0.39, 0.29) is 5.91 Å². The molecule has 1 aliphatic carbocycles. The van der Waals surface area contributed by atoms with Gasteiger partial charge >= 0.3 is 0 Å². The lowest BCUT2D eigenvalue weighted by Crippen LogP contribution is -2.52. The summed E-state index contributed by atoms with van der Waals surface area (Å²) in [5.41, 5.74) is 2.73. The molecule has 0 atom stereocenters. The molecule has 2 aromatic rings. The molecular formula is C22H30N4OS. The van der Waals surface area contributed by atoms with Gasteiger partial charge in [-0.15, -0.1) is 0 Å². The third kappa shape index (κ3) is 4.08. The summed E-state index contributed by atoms with van der Waals surface area (Å²) < 4.78 is 0. The number of carbonyl (C=O) groups excluding carboxylic acids is 1. The molecule has 1 saturated carbocycles. The largest absolute Gasteiger partial charge is 0.362 e. The molecule has 3 heterocycles. The molecule has 0 bridgehead atoms. The van der Waals surface area contributed by atoms with Gasteiger partial charge < -0.3 is 9.80 Å². The summed E-state index contributed by atoms with van der Waals surface area (Å²) in [5, 5.41) is 4.14. The molecule has 0 spiro atoms. The van der Waals surface area contributed by atoms with Gasteiger partial charge in [0.2, 0.25) is 0 Å². The van der Waals surface area contributed by atoms with Crippen LogP contribution in [0.25, 0.3) is 11.3 Å². The maximum atomic E-state index is 13.2. The van der Waals surface area contributed by atoms with Crippen LogP contribution in [-0.4, -0.2) is 67.0 Å². The number of hydrogen-bond acceptors (Lipinski definition) is 5. The average Bonchev–Trinajstić information content (AvgIpc) is 3.28. The van der Waals surface area contributed by atoms with Crippen molar-refractivity contribution in [2.75, 3.05) is 45.2 Å². The monoisotopic (exact) mass is 398 g/mol. The lowest BCUT2D eigenvalue weighted by Gasteiger charge is -2.41. The number of piperazine rings is 1. The van der Waals surface area contributed by atoms with Gasteiger partial charge in [-0.2, -0.15) is 11.3 Å². The highest BCUT2D eigenvalue weighted by atomic mass is 32.1. The highest BCUT2D eigenvalue weighted by Gasteiger charge is 2.29. The molecule has 0 N–H and O–H groups in total. The number of aromatic nitrogens is 1. The van der Waals surface area contributed by atoms with Crippen LogP contribution >= 0.6 is 11.3 Å². The Hall–Kier alpha value is -1.92. The first-order chi connectivity index (χ1) is 13.6. The highest BCUT2D eigenvalue weighted by molar-refractivity contribution is 7.08. The topological polar surface area (TPSA) is 39.7 Å². The maximum Gasteiger partial charge on any atom is 0.257 e. The number of nitrogens with zero attached hydrogens (tertiary/aromatic N) is 4. The third-order valence-electron chi connectivity index (χ3n) is 6.04. The second-order valence-electron chi connectivity index (χ2n) is 8.09. The van der Waals surface area contributed by atoms with Crippen LogP contribution in [0.4, 0.5) is 5.82 Å². The summed E-state index contributed by atoms with van der Waals surface area (Å²) in [7, 11) is 3.91. The molecule has 1 saturated heterocycles. The predicted molar refractivity (Wildman–Crippen MR) is 116 cm³/mol. The third-order valence-corrected chi connectivity index (χ3v) is 6.72. The van der Waals surface area contributed by atoms with Crippen LogP contribution < -0.4 is 4.90 Å². The minimum absolute atomic E-state index is 0.108. The Morgan fingerprint density at radius 3 is 2.46 bits per heavy atom. The van der Waals surface area contributed by atoms with Crippen LogP contribution in [0, 0.1) is 0 Å². The van der Waals surface area contributed by atoms with E-state index in [1.807, 2.05) is 36.0 Å². The smallest absolute Gasteiger partial charge is 0.257 e. The molecule has 5 nitrogen and oxygen atoms in total. The van der Waals surface area contributed by atoms with Gasteiger partial charge in [-0.05, 0) is 36.4 Å². The zero-order valence-corrected chi connectivity index (χ0v) is 17.7. The van der Waals surface area contributed by atoms with Crippen LogP contribution in [-0.2, 0) is 0 Å². The van der Waals surface area contributed by atoms with Crippen LogP contribution in [0.2, 0.25) is 0 Å². The maximum absolute atomic E-state index is 13.2. The van der Waals surface area contributed by atoms with Crippen LogP contribution in [0.5, 0.6) is 0 Å².